The molecule has 7 heteroatoms. The molecule has 1 saturated heterocycles. The molecule has 3 aromatic carbocycles. The first-order valence-corrected chi connectivity index (χ1v) is 11.7. The first kappa shape index (κ1) is 20.0. The number of para-hydroxylation sites is 1. The summed E-state index contributed by atoms with van der Waals surface area (Å²) >= 11 is 3.05. The van der Waals surface area contributed by atoms with Crippen LogP contribution in [0.4, 0.5) is 11.4 Å². The van der Waals surface area contributed by atoms with E-state index in [2.05, 4.69) is 17.0 Å². The molecule has 2 aliphatic heterocycles. The van der Waals surface area contributed by atoms with Crippen molar-refractivity contribution >= 4 is 56.7 Å². The van der Waals surface area contributed by atoms with Crippen molar-refractivity contribution in [3.63, 3.8) is 0 Å². The van der Waals surface area contributed by atoms with Crippen LogP contribution in [0.25, 0.3) is 10.8 Å². The maximum Gasteiger partial charge on any atom is 0.267 e. The van der Waals surface area contributed by atoms with Crippen molar-refractivity contribution in [1.29, 1.82) is 0 Å². The molecule has 0 aromatic heterocycles. The number of fused-ring (bicyclic) bond motifs is 2. The van der Waals surface area contributed by atoms with Crippen LogP contribution in [0.15, 0.2) is 80.4 Å². The maximum atomic E-state index is 13.3. The van der Waals surface area contributed by atoms with Crippen LogP contribution < -0.4 is 4.90 Å². The first-order valence-electron chi connectivity index (χ1n) is 10.1. The second-order valence-electron chi connectivity index (χ2n) is 7.38. The summed E-state index contributed by atoms with van der Waals surface area (Å²) in [6.07, 6.45) is 0. The number of anilines is 1. The highest BCUT2D eigenvalue weighted by molar-refractivity contribution is 8.19. The number of carbonyl (C=O) groups excluding carboxylic acids is 1. The summed E-state index contributed by atoms with van der Waals surface area (Å²) < 4.78 is 0. The molecule has 156 valence electrons. The van der Waals surface area contributed by atoms with E-state index in [1.807, 2.05) is 56.4 Å². The Kier molecular flexibility index (Phi) is 5.16. The fraction of sp³-hybridized carbons (Fsp3) is 0.167. The lowest BCUT2D eigenvalue weighted by molar-refractivity contribution is -0.122. The zero-order chi connectivity index (χ0) is 21.5. The molecule has 2 aliphatic rings. The highest BCUT2D eigenvalue weighted by atomic mass is 32.2. The zero-order valence-corrected chi connectivity index (χ0v) is 18.8. The van der Waals surface area contributed by atoms with Crippen molar-refractivity contribution in [2.45, 2.75) is 11.8 Å². The number of phenols is 1. The molecule has 0 atom stereocenters. The minimum absolute atomic E-state index is 0.0266. The number of aromatic hydroxyl groups is 1. The van der Waals surface area contributed by atoms with Crippen molar-refractivity contribution in [2.24, 2.45) is 4.99 Å². The van der Waals surface area contributed by atoms with E-state index in [1.165, 1.54) is 17.4 Å². The topological polar surface area (TPSA) is 56.1 Å². The molecule has 0 saturated carbocycles. The number of carbonyl (C=O) groups is 1. The summed E-state index contributed by atoms with van der Waals surface area (Å²) in [5, 5.41) is 13.0. The van der Waals surface area contributed by atoms with Gasteiger partial charge in [0, 0.05) is 28.8 Å². The van der Waals surface area contributed by atoms with Crippen LogP contribution in [0, 0.1) is 0 Å². The van der Waals surface area contributed by atoms with Crippen LogP contribution in [0.1, 0.15) is 6.92 Å². The molecule has 1 fully saturated rings. The Morgan fingerprint density at radius 3 is 2.65 bits per heavy atom. The summed E-state index contributed by atoms with van der Waals surface area (Å²) in [6, 6.07) is 19.6. The number of likely N-dealkylation sites (N-methyl/N-ethyl adjacent to an activating group) is 2. The second kappa shape index (κ2) is 7.98. The van der Waals surface area contributed by atoms with Gasteiger partial charge in [0.15, 0.2) is 5.17 Å². The molecule has 0 spiro atoms. The van der Waals surface area contributed by atoms with E-state index >= 15 is 0 Å². The molecule has 0 bridgehead atoms. The quantitative estimate of drug-likeness (QED) is 0.520. The minimum Gasteiger partial charge on any atom is -0.506 e. The number of aliphatic imine (C=N–C) groups is 1. The van der Waals surface area contributed by atoms with Gasteiger partial charge in [-0.15, -0.1) is 0 Å². The Bertz CT molecular complexity index is 1270. The lowest BCUT2D eigenvalue weighted by Gasteiger charge is -2.29. The van der Waals surface area contributed by atoms with Crippen LogP contribution in [-0.4, -0.2) is 41.2 Å². The number of amides is 1. The summed E-state index contributed by atoms with van der Waals surface area (Å²) in [5.74, 6) is 0.0818. The lowest BCUT2D eigenvalue weighted by Crippen LogP contribution is -2.29. The van der Waals surface area contributed by atoms with Gasteiger partial charge in [0.25, 0.3) is 5.91 Å². The van der Waals surface area contributed by atoms with E-state index in [1.54, 1.807) is 22.7 Å². The molecule has 0 aliphatic carbocycles. The number of hydrogen-bond donors (Lipinski definition) is 1. The zero-order valence-electron chi connectivity index (χ0n) is 17.2. The molecule has 3 aromatic rings. The van der Waals surface area contributed by atoms with Crippen molar-refractivity contribution < 1.29 is 9.90 Å². The minimum atomic E-state index is -0.0266. The SMILES string of the molecule is CCN1C(=O)/C(=C2\CN(C)c3ccccc3S2)SC1=Nc1c(O)ccc2ccccc12. The van der Waals surface area contributed by atoms with Crippen molar-refractivity contribution in [3.05, 3.63) is 70.5 Å². The molecular formula is C24H21N3O2S2. The highest BCUT2D eigenvalue weighted by Crippen LogP contribution is 2.46. The molecule has 1 N–H and O–H groups in total. The number of amidine groups is 1. The van der Waals surface area contributed by atoms with E-state index < -0.39 is 0 Å². The largest absolute Gasteiger partial charge is 0.506 e. The van der Waals surface area contributed by atoms with E-state index in [-0.39, 0.29) is 11.7 Å². The Hall–Kier alpha value is -2.90. The third kappa shape index (κ3) is 3.47. The highest BCUT2D eigenvalue weighted by Gasteiger charge is 2.36. The van der Waals surface area contributed by atoms with Crippen LogP contribution in [0.3, 0.4) is 0 Å². The van der Waals surface area contributed by atoms with Gasteiger partial charge in [0.2, 0.25) is 0 Å². The van der Waals surface area contributed by atoms with Gasteiger partial charge in [0.05, 0.1) is 17.1 Å². The van der Waals surface area contributed by atoms with Crippen LogP contribution >= 0.6 is 23.5 Å². The predicted octanol–water partition coefficient (Wildman–Crippen LogP) is 5.58. The summed E-state index contributed by atoms with van der Waals surface area (Å²) in [7, 11) is 2.05. The maximum absolute atomic E-state index is 13.3. The lowest BCUT2D eigenvalue weighted by atomic mass is 10.1. The first-order chi connectivity index (χ1) is 15.1. The number of hydrogen-bond acceptors (Lipinski definition) is 6. The fourth-order valence-corrected chi connectivity index (χ4v) is 6.28. The van der Waals surface area contributed by atoms with Crippen molar-refractivity contribution in [1.82, 2.24) is 4.90 Å². The summed E-state index contributed by atoms with van der Waals surface area (Å²) in [4.78, 5) is 24.8. The van der Waals surface area contributed by atoms with Gasteiger partial charge in [0.1, 0.15) is 11.4 Å². The number of rotatable bonds is 2. The normalized spacial score (nSPS) is 20.1. The van der Waals surface area contributed by atoms with Gasteiger partial charge in [-0.25, -0.2) is 4.99 Å². The molecule has 0 radical (unpaired) electrons. The number of nitrogens with zero attached hydrogens (tertiary/aromatic N) is 3. The monoisotopic (exact) mass is 447 g/mol. The molecule has 2 heterocycles. The van der Waals surface area contributed by atoms with E-state index in [4.69, 9.17) is 4.99 Å². The summed E-state index contributed by atoms with van der Waals surface area (Å²) in [5.41, 5.74) is 1.67. The molecule has 5 nitrogen and oxygen atoms in total. The van der Waals surface area contributed by atoms with Gasteiger partial charge in [-0.2, -0.15) is 0 Å². The number of phenolic OH excluding ortho intramolecular Hbond substituents is 1. The molecule has 31 heavy (non-hydrogen) atoms. The second-order valence-corrected chi connectivity index (χ2v) is 9.49. The van der Waals surface area contributed by atoms with Crippen LogP contribution in [0.2, 0.25) is 0 Å². The third-order valence-electron chi connectivity index (χ3n) is 5.41. The Morgan fingerprint density at radius 1 is 1.03 bits per heavy atom. The van der Waals surface area contributed by atoms with Crippen LogP contribution in [0.5, 0.6) is 5.75 Å². The predicted molar refractivity (Wildman–Crippen MR) is 130 cm³/mol. The van der Waals surface area contributed by atoms with Crippen molar-refractivity contribution in [2.75, 3.05) is 25.0 Å². The Balaban J connectivity index is 1.58. The fourth-order valence-electron chi connectivity index (χ4n) is 3.84. The van der Waals surface area contributed by atoms with Gasteiger partial charge in [-0.1, -0.05) is 54.2 Å². The number of thioether (sulfide) groups is 2. The molecule has 0 unspecified atom stereocenters. The van der Waals surface area contributed by atoms with Gasteiger partial charge < -0.3 is 10.0 Å². The average Bonchev–Trinajstić information content (AvgIpc) is 3.10. The smallest absolute Gasteiger partial charge is 0.267 e. The molecule has 1 amide bonds. The van der Waals surface area contributed by atoms with Gasteiger partial charge in [-0.3, -0.25) is 9.69 Å². The van der Waals surface area contributed by atoms with Gasteiger partial charge in [-0.05, 0) is 42.3 Å². The van der Waals surface area contributed by atoms with Crippen molar-refractivity contribution in [3.8, 4) is 5.75 Å². The average molecular weight is 448 g/mol. The van der Waals surface area contributed by atoms with E-state index in [0.29, 0.717) is 28.8 Å². The van der Waals surface area contributed by atoms with Crippen LogP contribution in [-0.2, 0) is 4.79 Å². The van der Waals surface area contributed by atoms with E-state index in [9.17, 15) is 9.90 Å². The summed E-state index contributed by atoms with van der Waals surface area (Å²) in [6.45, 7) is 3.14. The Labute approximate surface area is 189 Å². The third-order valence-corrected chi connectivity index (χ3v) is 7.80. The molecule has 5 rings (SSSR count). The standard InChI is InChI=1S/C24H21N3O2S2/c1-3-27-23(29)22(20-14-26(2)17-10-6-7-11-19(17)30-20)31-24(27)25-21-16-9-5-4-8-15(16)12-13-18(21)28/h4-13,28H,3,14H2,1-2H3/b22-20-,25-24?. The van der Waals surface area contributed by atoms with Gasteiger partial charge >= 0.3 is 0 Å². The number of benzene rings is 3. The Morgan fingerprint density at radius 2 is 1.81 bits per heavy atom. The van der Waals surface area contributed by atoms with E-state index in [0.717, 1.165) is 20.6 Å². The molecular weight excluding hydrogens is 426 g/mol.